The molecule has 0 atom stereocenters. The third-order valence-corrected chi connectivity index (χ3v) is 3.90. The van der Waals surface area contributed by atoms with Crippen LogP contribution in [0.2, 0.25) is 0 Å². The van der Waals surface area contributed by atoms with Crippen LogP contribution < -0.4 is 10.1 Å². The summed E-state index contributed by atoms with van der Waals surface area (Å²) in [4.78, 5) is 12.2. The number of aromatic nitrogens is 4. The molecule has 26 heavy (non-hydrogen) atoms. The van der Waals surface area contributed by atoms with Crippen LogP contribution in [0.3, 0.4) is 0 Å². The lowest BCUT2D eigenvalue weighted by Crippen LogP contribution is -2.24. The molecule has 0 saturated carbocycles. The molecule has 2 aromatic heterocycles. The molecule has 0 saturated heterocycles. The predicted octanol–water partition coefficient (Wildman–Crippen LogP) is 2.17. The van der Waals surface area contributed by atoms with Gasteiger partial charge in [-0.1, -0.05) is 0 Å². The van der Waals surface area contributed by atoms with Crippen LogP contribution in [-0.4, -0.2) is 25.5 Å². The van der Waals surface area contributed by atoms with Gasteiger partial charge in [0.15, 0.2) is 18.3 Å². The van der Waals surface area contributed by atoms with E-state index in [2.05, 4.69) is 15.5 Å². The lowest BCUT2D eigenvalue weighted by atomic mass is 10.2. The summed E-state index contributed by atoms with van der Waals surface area (Å²) >= 11 is 0. The number of carbonyl (C=O) groups is 1. The summed E-state index contributed by atoms with van der Waals surface area (Å²) in [6.07, 6.45) is 3.23. The van der Waals surface area contributed by atoms with Crippen LogP contribution in [0, 0.1) is 18.6 Å². The van der Waals surface area contributed by atoms with Crippen LogP contribution in [0.4, 0.5) is 8.78 Å². The highest BCUT2D eigenvalue weighted by molar-refractivity contribution is 5.92. The monoisotopic (exact) mass is 361 g/mol. The van der Waals surface area contributed by atoms with Gasteiger partial charge in [-0.3, -0.25) is 9.48 Å². The first kappa shape index (κ1) is 17.6. The zero-order valence-electron chi connectivity index (χ0n) is 14.2. The van der Waals surface area contributed by atoms with Gasteiger partial charge in [-0.25, -0.2) is 13.5 Å². The number of nitrogens with zero attached hydrogens (tertiary/aromatic N) is 4. The number of rotatable bonds is 6. The van der Waals surface area contributed by atoms with Crippen molar-refractivity contribution in [2.75, 3.05) is 0 Å². The quantitative estimate of drug-likeness (QED) is 0.730. The molecule has 0 unspecified atom stereocenters. The Morgan fingerprint density at radius 2 is 2.12 bits per heavy atom. The number of carbonyl (C=O) groups excluding carboxylic acids is 1. The third-order valence-electron chi connectivity index (χ3n) is 3.90. The van der Waals surface area contributed by atoms with Crippen LogP contribution in [0.25, 0.3) is 0 Å². The summed E-state index contributed by atoms with van der Waals surface area (Å²) in [5.41, 5.74) is 2.08. The van der Waals surface area contributed by atoms with Crippen molar-refractivity contribution in [2.45, 2.75) is 20.2 Å². The Morgan fingerprint density at radius 3 is 2.81 bits per heavy atom. The maximum atomic E-state index is 13.5. The molecular formula is C17H17F2N5O2. The van der Waals surface area contributed by atoms with Crippen molar-refractivity contribution in [1.82, 2.24) is 24.9 Å². The van der Waals surface area contributed by atoms with Crippen LogP contribution >= 0.6 is 0 Å². The van der Waals surface area contributed by atoms with Crippen LogP contribution in [0.1, 0.15) is 21.7 Å². The molecule has 0 radical (unpaired) electrons. The SMILES string of the molecule is Cc1c(CNC(=O)c2ccn(COc3ccc(F)cc3F)n2)cnn1C. The van der Waals surface area contributed by atoms with E-state index in [1.165, 1.54) is 23.0 Å². The molecule has 7 nitrogen and oxygen atoms in total. The fourth-order valence-corrected chi connectivity index (χ4v) is 2.27. The standard InChI is InChI=1S/C17H17F2N5O2/c1-11-12(9-21-23(11)2)8-20-17(25)15-5-6-24(22-15)10-26-16-4-3-13(18)7-14(16)19/h3-7,9H,8,10H2,1-2H3,(H,20,25). The molecule has 3 aromatic rings. The Bertz CT molecular complexity index is 935. The number of nitrogens with one attached hydrogen (secondary N) is 1. The van der Waals surface area contributed by atoms with Crippen molar-refractivity contribution in [3.05, 3.63) is 65.2 Å². The second kappa shape index (κ2) is 7.34. The summed E-state index contributed by atoms with van der Waals surface area (Å²) in [5, 5.41) is 10.9. The van der Waals surface area contributed by atoms with Crippen molar-refractivity contribution in [2.24, 2.45) is 7.05 Å². The number of ether oxygens (including phenoxy) is 1. The number of halogens is 2. The van der Waals surface area contributed by atoms with E-state index in [4.69, 9.17) is 4.74 Å². The number of aryl methyl sites for hydroxylation is 1. The fourth-order valence-electron chi connectivity index (χ4n) is 2.27. The average molecular weight is 361 g/mol. The number of amides is 1. The molecule has 0 aliphatic rings. The van der Waals surface area contributed by atoms with E-state index < -0.39 is 11.6 Å². The van der Waals surface area contributed by atoms with Crippen molar-refractivity contribution in [1.29, 1.82) is 0 Å². The molecule has 1 N–H and O–H groups in total. The first-order valence-electron chi connectivity index (χ1n) is 7.81. The van der Waals surface area contributed by atoms with E-state index in [-0.39, 0.29) is 24.1 Å². The zero-order valence-corrected chi connectivity index (χ0v) is 14.2. The van der Waals surface area contributed by atoms with Gasteiger partial charge in [0, 0.05) is 37.1 Å². The van der Waals surface area contributed by atoms with Gasteiger partial charge in [-0.15, -0.1) is 0 Å². The molecule has 136 valence electrons. The fraction of sp³-hybridized carbons (Fsp3) is 0.235. The summed E-state index contributed by atoms with van der Waals surface area (Å²) in [7, 11) is 1.83. The zero-order chi connectivity index (χ0) is 18.7. The summed E-state index contributed by atoms with van der Waals surface area (Å²) < 4.78 is 34.7. The highest BCUT2D eigenvalue weighted by Gasteiger charge is 2.12. The normalized spacial score (nSPS) is 10.8. The first-order chi connectivity index (χ1) is 12.4. The van der Waals surface area contributed by atoms with Crippen LogP contribution in [0.5, 0.6) is 5.75 Å². The third kappa shape index (κ3) is 3.88. The van der Waals surface area contributed by atoms with Gasteiger partial charge in [-0.2, -0.15) is 10.2 Å². The van der Waals surface area contributed by atoms with Gasteiger partial charge in [0.25, 0.3) is 5.91 Å². The minimum atomic E-state index is -0.804. The van der Waals surface area contributed by atoms with E-state index in [0.29, 0.717) is 6.54 Å². The Hall–Kier alpha value is -3.23. The number of hydrogen-bond acceptors (Lipinski definition) is 4. The van der Waals surface area contributed by atoms with Crippen LogP contribution in [0.15, 0.2) is 36.7 Å². The minimum absolute atomic E-state index is 0.0973. The molecule has 0 aliphatic carbocycles. The lowest BCUT2D eigenvalue weighted by molar-refractivity contribution is 0.0943. The molecule has 0 bridgehead atoms. The van der Waals surface area contributed by atoms with Gasteiger partial charge in [0.1, 0.15) is 11.5 Å². The van der Waals surface area contributed by atoms with E-state index in [9.17, 15) is 13.6 Å². The summed E-state index contributed by atoms with van der Waals surface area (Å²) in [6, 6.07) is 4.55. The molecule has 9 heteroatoms. The van der Waals surface area contributed by atoms with Gasteiger partial charge >= 0.3 is 0 Å². The highest BCUT2D eigenvalue weighted by Crippen LogP contribution is 2.17. The smallest absolute Gasteiger partial charge is 0.272 e. The largest absolute Gasteiger partial charge is 0.468 e. The summed E-state index contributed by atoms with van der Waals surface area (Å²) in [5.74, 6) is -1.93. The molecule has 1 amide bonds. The summed E-state index contributed by atoms with van der Waals surface area (Å²) in [6.45, 7) is 2.13. The molecule has 1 aromatic carbocycles. The van der Waals surface area contributed by atoms with Crippen molar-refractivity contribution < 1.29 is 18.3 Å². The Morgan fingerprint density at radius 1 is 1.31 bits per heavy atom. The average Bonchev–Trinajstić information content (AvgIpc) is 3.20. The van der Waals surface area contributed by atoms with Crippen molar-refractivity contribution in [3.63, 3.8) is 0 Å². The minimum Gasteiger partial charge on any atom is -0.468 e. The van der Waals surface area contributed by atoms with Crippen LogP contribution in [-0.2, 0) is 20.3 Å². The highest BCUT2D eigenvalue weighted by atomic mass is 19.1. The first-order valence-corrected chi connectivity index (χ1v) is 7.81. The van der Waals surface area contributed by atoms with E-state index in [0.717, 1.165) is 23.4 Å². The van der Waals surface area contributed by atoms with Gasteiger partial charge in [0.05, 0.1) is 6.20 Å². The van der Waals surface area contributed by atoms with E-state index >= 15 is 0 Å². The second-order valence-corrected chi connectivity index (χ2v) is 5.65. The molecule has 0 aliphatic heterocycles. The Labute approximate surface area is 148 Å². The van der Waals surface area contributed by atoms with Gasteiger partial charge in [0.2, 0.25) is 0 Å². The maximum Gasteiger partial charge on any atom is 0.272 e. The van der Waals surface area contributed by atoms with Crippen molar-refractivity contribution in [3.8, 4) is 5.75 Å². The molecule has 2 heterocycles. The van der Waals surface area contributed by atoms with Gasteiger partial charge < -0.3 is 10.1 Å². The lowest BCUT2D eigenvalue weighted by Gasteiger charge is -2.07. The number of benzene rings is 1. The molecular weight excluding hydrogens is 344 g/mol. The second-order valence-electron chi connectivity index (χ2n) is 5.65. The number of hydrogen-bond donors (Lipinski definition) is 1. The predicted molar refractivity (Wildman–Crippen MR) is 88.3 cm³/mol. The van der Waals surface area contributed by atoms with E-state index in [1.54, 1.807) is 10.9 Å². The topological polar surface area (TPSA) is 74.0 Å². The molecule has 0 spiro atoms. The molecule has 3 rings (SSSR count). The Balaban J connectivity index is 1.56. The maximum absolute atomic E-state index is 13.5. The van der Waals surface area contributed by atoms with Crippen molar-refractivity contribution >= 4 is 5.91 Å². The Kier molecular flexibility index (Phi) is 4.97. The van der Waals surface area contributed by atoms with E-state index in [1.807, 2.05) is 14.0 Å². The van der Waals surface area contributed by atoms with Gasteiger partial charge in [-0.05, 0) is 25.1 Å². The molecule has 0 fully saturated rings.